The van der Waals surface area contributed by atoms with Gasteiger partial charge in [0.1, 0.15) is 5.82 Å². The molecule has 0 aliphatic carbocycles. The van der Waals surface area contributed by atoms with Crippen molar-refractivity contribution in [2.75, 3.05) is 6.54 Å². The van der Waals surface area contributed by atoms with Gasteiger partial charge in [0, 0.05) is 19.2 Å². The highest BCUT2D eigenvalue weighted by atomic mass is 19.1. The molecule has 2 unspecified atom stereocenters. The minimum Gasteiger partial charge on any atom is -0.481 e. The van der Waals surface area contributed by atoms with Crippen LogP contribution in [0.3, 0.4) is 0 Å². The molecule has 1 aliphatic heterocycles. The lowest BCUT2D eigenvalue weighted by Crippen LogP contribution is -2.36. The molecular weight excluding hydrogens is 365 g/mol. The van der Waals surface area contributed by atoms with Gasteiger partial charge in [-0.15, -0.1) is 0 Å². The molecule has 7 nitrogen and oxygen atoms in total. The van der Waals surface area contributed by atoms with Crippen molar-refractivity contribution < 1.29 is 23.9 Å². The molecule has 2 aromatic rings. The van der Waals surface area contributed by atoms with Gasteiger partial charge in [-0.05, 0) is 29.8 Å². The maximum absolute atomic E-state index is 13.1. The molecule has 0 radical (unpaired) electrons. The number of likely N-dealkylation sites (tertiary alicyclic amines) is 1. The number of hydrogen-bond acceptors (Lipinski definition) is 4. The van der Waals surface area contributed by atoms with Crippen molar-refractivity contribution >= 4 is 17.8 Å². The molecule has 2 atom stereocenters. The average molecular weight is 385 g/mol. The summed E-state index contributed by atoms with van der Waals surface area (Å²) in [7, 11) is 0. The second-order valence-electron chi connectivity index (χ2n) is 6.71. The SMILES string of the molecule is O=C(O)CC(NC(=O)C1CC(=O)N(Cc2ccccn2)C1)c1ccc(F)cc1. The quantitative estimate of drug-likeness (QED) is 0.758. The first-order valence-electron chi connectivity index (χ1n) is 8.87. The standard InChI is InChI=1S/C20H20FN3O4/c21-15-6-4-13(5-7-15)17(10-19(26)27)23-20(28)14-9-18(25)24(11-14)12-16-3-1-2-8-22-16/h1-8,14,17H,9-12H2,(H,23,28)(H,26,27). The topological polar surface area (TPSA) is 99.6 Å². The maximum atomic E-state index is 13.1. The Bertz CT molecular complexity index is 858. The van der Waals surface area contributed by atoms with Gasteiger partial charge in [0.15, 0.2) is 0 Å². The highest BCUT2D eigenvalue weighted by Crippen LogP contribution is 2.23. The van der Waals surface area contributed by atoms with Gasteiger partial charge in [-0.25, -0.2) is 4.39 Å². The van der Waals surface area contributed by atoms with E-state index in [1.165, 1.54) is 24.3 Å². The summed E-state index contributed by atoms with van der Waals surface area (Å²) in [5, 5.41) is 11.8. The smallest absolute Gasteiger partial charge is 0.305 e. The van der Waals surface area contributed by atoms with Crippen LogP contribution in [0.5, 0.6) is 0 Å². The van der Waals surface area contributed by atoms with Crippen LogP contribution >= 0.6 is 0 Å². The van der Waals surface area contributed by atoms with Crippen LogP contribution in [-0.4, -0.2) is 39.3 Å². The fraction of sp³-hybridized carbons (Fsp3) is 0.300. The van der Waals surface area contributed by atoms with Gasteiger partial charge in [0.25, 0.3) is 0 Å². The van der Waals surface area contributed by atoms with Gasteiger partial charge in [-0.2, -0.15) is 0 Å². The number of carbonyl (C=O) groups excluding carboxylic acids is 2. The van der Waals surface area contributed by atoms with E-state index in [2.05, 4.69) is 10.3 Å². The van der Waals surface area contributed by atoms with Crippen LogP contribution < -0.4 is 5.32 Å². The molecule has 2 amide bonds. The van der Waals surface area contributed by atoms with E-state index < -0.39 is 29.7 Å². The minimum atomic E-state index is -1.09. The van der Waals surface area contributed by atoms with Crippen molar-refractivity contribution in [3.63, 3.8) is 0 Å². The summed E-state index contributed by atoms with van der Waals surface area (Å²) in [5.41, 5.74) is 1.22. The Morgan fingerprint density at radius 3 is 2.64 bits per heavy atom. The zero-order valence-electron chi connectivity index (χ0n) is 15.0. The third kappa shape index (κ3) is 4.91. The number of pyridine rings is 1. The molecule has 28 heavy (non-hydrogen) atoms. The van der Waals surface area contributed by atoms with Crippen LogP contribution in [0.25, 0.3) is 0 Å². The van der Waals surface area contributed by atoms with Gasteiger partial charge in [0.2, 0.25) is 11.8 Å². The number of nitrogens with zero attached hydrogens (tertiary/aromatic N) is 2. The Labute approximate surface area is 161 Å². The summed E-state index contributed by atoms with van der Waals surface area (Å²) in [6.45, 7) is 0.560. The Hall–Kier alpha value is -3.29. The van der Waals surface area contributed by atoms with Gasteiger partial charge < -0.3 is 15.3 Å². The number of nitrogens with one attached hydrogen (secondary N) is 1. The third-order valence-corrected chi connectivity index (χ3v) is 4.63. The van der Waals surface area contributed by atoms with Crippen LogP contribution in [-0.2, 0) is 20.9 Å². The molecule has 8 heteroatoms. The highest BCUT2D eigenvalue weighted by Gasteiger charge is 2.35. The number of halogens is 1. The molecule has 1 aromatic heterocycles. The Balaban J connectivity index is 1.65. The number of carboxylic acid groups (broad SMARTS) is 1. The molecule has 2 N–H and O–H groups in total. The van der Waals surface area contributed by atoms with Crippen LogP contribution in [0, 0.1) is 11.7 Å². The van der Waals surface area contributed by atoms with Gasteiger partial charge in [-0.1, -0.05) is 18.2 Å². The van der Waals surface area contributed by atoms with Gasteiger partial charge >= 0.3 is 5.97 Å². The minimum absolute atomic E-state index is 0.0574. The van der Waals surface area contributed by atoms with E-state index in [4.69, 9.17) is 5.11 Å². The van der Waals surface area contributed by atoms with Crippen molar-refractivity contribution in [1.29, 1.82) is 0 Å². The summed E-state index contributed by atoms with van der Waals surface area (Å²) >= 11 is 0. The summed E-state index contributed by atoms with van der Waals surface area (Å²) in [6.07, 6.45) is 1.36. The molecule has 0 bridgehead atoms. The lowest BCUT2D eigenvalue weighted by Gasteiger charge is -2.20. The predicted octanol–water partition coefficient (Wildman–Crippen LogP) is 1.90. The fourth-order valence-corrected chi connectivity index (χ4v) is 3.20. The summed E-state index contributed by atoms with van der Waals surface area (Å²) in [5.74, 6) is -2.66. The molecule has 1 saturated heterocycles. The van der Waals surface area contributed by atoms with E-state index in [0.29, 0.717) is 12.1 Å². The third-order valence-electron chi connectivity index (χ3n) is 4.63. The lowest BCUT2D eigenvalue weighted by atomic mass is 10.0. The van der Waals surface area contributed by atoms with E-state index in [-0.39, 0.29) is 25.3 Å². The first kappa shape index (κ1) is 19.5. The van der Waals surface area contributed by atoms with Crippen LogP contribution in [0.15, 0.2) is 48.7 Å². The molecule has 3 rings (SSSR count). The summed E-state index contributed by atoms with van der Waals surface area (Å²) < 4.78 is 13.1. The van der Waals surface area contributed by atoms with E-state index in [1.54, 1.807) is 23.2 Å². The van der Waals surface area contributed by atoms with Crippen molar-refractivity contribution in [2.24, 2.45) is 5.92 Å². The number of aromatic nitrogens is 1. The molecule has 1 aromatic carbocycles. The van der Waals surface area contributed by atoms with Crippen molar-refractivity contribution in [3.05, 3.63) is 65.7 Å². The number of hydrogen-bond donors (Lipinski definition) is 2. The van der Waals surface area contributed by atoms with Crippen LogP contribution in [0.2, 0.25) is 0 Å². The van der Waals surface area contributed by atoms with Gasteiger partial charge in [0.05, 0.1) is 30.6 Å². The normalized spacial score (nSPS) is 17.4. The summed E-state index contributed by atoms with van der Waals surface area (Å²) in [6, 6.07) is 9.92. The summed E-state index contributed by atoms with van der Waals surface area (Å²) in [4.78, 5) is 41.8. The average Bonchev–Trinajstić information content (AvgIpc) is 3.03. The molecule has 0 saturated carbocycles. The Kier molecular flexibility index (Phi) is 5.98. The molecule has 146 valence electrons. The van der Waals surface area contributed by atoms with E-state index in [9.17, 15) is 18.8 Å². The fourth-order valence-electron chi connectivity index (χ4n) is 3.20. The molecular formula is C20H20FN3O4. The molecule has 1 fully saturated rings. The number of benzene rings is 1. The Morgan fingerprint density at radius 1 is 1.25 bits per heavy atom. The largest absolute Gasteiger partial charge is 0.481 e. The second kappa shape index (κ2) is 8.60. The molecule has 2 heterocycles. The van der Waals surface area contributed by atoms with Crippen LogP contribution in [0.4, 0.5) is 4.39 Å². The molecule has 0 spiro atoms. The van der Waals surface area contributed by atoms with E-state index in [0.717, 1.165) is 5.69 Å². The zero-order chi connectivity index (χ0) is 20.1. The number of carbonyl (C=O) groups is 3. The number of amides is 2. The highest BCUT2D eigenvalue weighted by molar-refractivity contribution is 5.89. The van der Waals surface area contributed by atoms with E-state index >= 15 is 0 Å². The van der Waals surface area contributed by atoms with Gasteiger partial charge in [-0.3, -0.25) is 19.4 Å². The number of aliphatic carboxylic acids is 1. The zero-order valence-corrected chi connectivity index (χ0v) is 15.0. The first-order valence-corrected chi connectivity index (χ1v) is 8.87. The number of rotatable bonds is 7. The Morgan fingerprint density at radius 2 is 2.00 bits per heavy atom. The lowest BCUT2D eigenvalue weighted by molar-refractivity contribution is -0.138. The van der Waals surface area contributed by atoms with Crippen molar-refractivity contribution in [2.45, 2.75) is 25.4 Å². The van der Waals surface area contributed by atoms with Crippen molar-refractivity contribution in [3.8, 4) is 0 Å². The first-order chi connectivity index (χ1) is 13.4. The monoisotopic (exact) mass is 385 g/mol. The maximum Gasteiger partial charge on any atom is 0.305 e. The predicted molar refractivity (Wildman–Crippen MR) is 97.3 cm³/mol. The molecule has 1 aliphatic rings. The number of carboxylic acids is 1. The second-order valence-corrected chi connectivity index (χ2v) is 6.71. The van der Waals surface area contributed by atoms with Crippen LogP contribution in [0.1, 0.15) is 30.1 Å². The van der Waals surface area contributed by atoms with E-state index in [1.807, 2.05) is 6.07 Å². The van der Waals surface area contributed by atoms with Crippen molar-refractivity contribution in [1.82, 2.24) is 15.2 Å².